The third-order valence-corrected chi connectivity index (χ3v) is 5.57. The summed E-state index contributed by atoms with van der Waals surface area (Å²) in [7, 11) is -2.77. The Morgan fingerprint density at radius 2 is 1.93 bits per heavy atom. The number of hydrogen-bond donors (Lipinski definition) is 1. The quantitative estimate of drug-likeness (QED) is 0.612. The average Bonchev–Trinajstić information content (AvgIpc) is 3.14. The second-order valence-corrected chi connectivity index (χ2v) is 8.03. The van der Waals surface area contributed by atoms with Gasteiger partial charge in [0.1, 0.15) is 28.1 Å². The summed E-state index contributed by atoms with van der Waals surface area (Å²) in [6.45, 7) is -0.104. The number of carbonyl (C=O) groups is 1. The molecule has 3 aromatic rings. The van der Waals surface area contributed by atoms with Crippen molar-refractivity contribution in [1.82, 2.24) is 4.98 Å². The fourth-order valence-electron chi connectivity index (χ4n) is 2.35. The maximum absolute atomic E-state index is 13.0. The van der Waals surface area contributed by atoms with Gasteiger partial charge in [-0.3, -0.25) is 0 Å². The van der Waals surface area contributed by atoms with Crippen LogP contribution in [0.4, 0.5) is 4.39 Å². The first-order valence-electron chi connectivity index (χ1n) is 7.86. The van der Waals surface area contributed by atoms with E-state index in [-0.39, 0.29) is 28.6 Å². The summed E-state index contributed by atoms with van der Waals surface area (Å²) in [5, 5.41) is 7.52. The van der Waals surface area contributed by atoms with Crippen LogP contribution in [0, 0.1) is 5.82 Å². The van der Waals surface area contributed by atoms with Crippen LogP contribution in [0.5, 0.6) is 5.75 Å². The van der Waals surface area contributed by atoms with E-state index in [1.54, 1.807) is 17.5 Å². The minimum atomic E-state index is -4.07. The van der Waals surface area contributed by atoms with Gasteiger partial charge in [0.15, 0.2) is 0 Å². The van der Waals surface area contributed by atoms with E-state index in [0.29, 0.717) is 10.7 Å². The minimum absolute atomic E-state index is 0.0128. The normalized spacial score (nSPS) is 11.2. The number of primary sulfonamides is 1. The summed E-state index contributed by atoms with van der Waals surface area (Å²) >= 11 is 1.33. The zero-order valence-electron chi connectivity index (χ0n) is 14.6. The van der Waals surface area contributed by atoms with Crippen LogP contribution in [-0.4, -0.2) is 26.5 Å². The van der Waals surface area contributed by atoms with Gasteiger partial charge in [-0.25, -0.2) is 27.7 Å². The fraction of sp³-hybridized carbons (Fsp3) is 0.111. The second-order valence-electron chi connectivity index (χ2n) is 5.64. The van der Waals surface area contributed by atoms with Crippen LogP contribution in [-0.2, 0) is 21.4 Å². The lowest BCUT2D eigenvalue weighted by atomic mass is 10.2. The Labute approximate surface area is 164 Å². The summed E-state index contributed by atoms with van der Waals surface area (Å²) in [6, 6.07) is 9.69. The number of sulfonamides is 1. The van der Waals surface area contributed by atoms with Gasteiger partial charge in [0.05, 0.1) is 18.4 Å². The molecule has 2 aromatic carbocycles. The molecular weight excluding hydrogens is 407 g/mol. The molecule has 0 aliphatic rings. The van der Waals surface area contributed by atoms with Crippen molar-refractivity contribution >= 4 is 27.3 Å². The maximum Gasteiger partial charge on any atom is 0.338 e. The number of methoxy groups -OCH3 is 1. The van der Waals surface area contributed by atoms with Crippen LogP contribution in [0.3, 0.4) is 0 Å². The Balaban J connectivity index is 1.72. The number of halogens is 1. The average molecular weight is 422 g/mol. The largest absolute Gasteiger partial charge is 0.495 e. The molecule has 0 atom stereocenters. The molecule has 0 unspecified atom stereocenters. The smallest absolute Gasteiger partial charge is 0.338 e. The van der Waals surface area contributed by atoms with Crippen LogP contribution in [0.2, 0.25) is 0 Å². The SMILES string of the molecule is COc1ccc(C(=O)OCc2csc(-c3ccc(F)cc3)n2)cc1S(N)(=O)=O. The molecule has 3 rings (SSSR count). The summed E-state index contributed by atoms with van der Waals surface area (Å²) in [4.78, 5) is 16.3. The highest BCUT2D eigenvalue weighted by atomic mass is 32.2. The van der Waals surface area contributed by atoms with Crippen molar-refractivity contribution in [3.8, 4) is 16.3 Å². The number of benzene rings is 2. The first-order valence-corrected chi connectivity index (χ1v) is 10.3. The van der Waals surface area contributed by atoms with Gasteiger partial charge >= 0.3 is 5.97 Å². The van der Waals surface area contributed by atoms with Gasteiger partial charge in [0, 0.05) is 10.9 Å². The standard InChI is InChI=1S/C18H15FN2O5S2/c1-25-15-7-4-12(8-16(15)28(20,23)24)18(22)26-9-14-10-27-17(21-14)11-2-5-13(19)6-3-11/h2-8,10H,9H2,1H3,(H2,20,23,24). The lowest BCUT2D eigenvalue weighted by Crippen LogP contribution is -2.15. The summed E-state index contributed by atoms with van der Waals surface area (Å²) in [5.74, 6) is -1.04. The van der Waals surface area contributed by atoms with E-state index in [2.05, 4.69) is 4.98 Å². The first kappa shape index (κ1) is 19.9. The highest BCUT2D eigenvalue weighted by Crippen LogP contribution is 2.26. The van der Waals surface area contributed by atoms with E-state index in [9.17, 15) is 17.6 Å². The fourth-order valence-corrected chi connectivity index (χ4v) is 3.88. The van der Waals surface area contributed by atoms with Gasteiger partial charge in [-0.05, 0) is 42.5 Å². The maximum atomic E-state index is 13.0. The van der Waals surface area contributed by atoms with Gasteiger partial charge in [0.25, 0.3) is 0 Å². The summed E-state index contributed by atoms with van der Waals surface area (Å²) < 4.78 is 46.4. The molecule has 0 bridgehead atoms. The minimum Gasteiger partial charge on any atom is -0.495 e. The number of aromatic nitrogens is 1. The number of hydrogen-bond acceptors (Lipinski definition) is 7. The van der Waals surface area contributed by atoms with Crippen LogP contribution >= 0.6 is 11.3 Å². The molecule has 7 nitrogen and oxygen atoms in total. The molecule has 0 fully saturated rings. The predicted molar refractivity (Wildman–Crippen MR) is 101 cm³/mol. The zero-order chi connectivity index (χ0) is 20.3. The summed E-state index contributed by atoms with van der Waals surface area (Å²) in [5.41, 5.74) is 1.27. The number of nitrogens with two attached hydrogens (primary N) is 1. The van der Waals surface area contributed by atoms with Crippen molar-refractivity contribution < 1.29 is 27.1 Å². The Kier molecular flexibility index (Phi) is 5.73. The molecule has 1 heterocycles. The van der Waals surface area contributed by atoms with Crippen LogP contribution in [0.25, 0.3) is 10.6 Å². The first-order chi connectivity index (χ1) is 13.3. The Bertz CT molecular complexity index is 1110. The molecule has 10 heteroatoms. The molecule has 0 saturated carbocycles. The highest BCUT2D eigenvalue weighted by molar-refractivity contribution is 7.89. The third kappa shape index (κ3) is 4.53. The van der Waals surface area contributed by atoms with E-state index in [4.69, 9.17) is 14.6 Å². The molecule has 2 N–H and O–H groups in total. The zero-order valence-corrected chi connectivity index (χ0v) is 16.2. The Hall–Kier alpha value is -2.82. The molecule has 0 saturated heterocycles. The van der Waals surface area contributed by atoms with Crippen molar-refractivity contribution in [2.75, 3.05) is 7.11 Å². The number of esters is 1. The van der Waals surface area contributed by atoms with Crippen LogP contribution in [0.1, 0.15) is 16.1 Å². The Morgan fingerprint density at radius 3 is 2.57 bits per heavy atom. The number of ether oxygens (including phenoxy) is 2. The van der Waals surface area contributed by atoms with Crippen molar-refractivity contribution in [2.45, 2.75) is 11.5 Å². The topological polar surface area (TPSA) is 109 Å². The molecule has 0 aliphatic carbocycles. The van der Waals surface area contributed by atoms with Crippen LogP contribution in [0.15, 0.2) is 52.7 Å². The number of carbonyl (C=O) groups excluding carboxylic acids is 1. The summed E-state index contributed by atoms with van der Waals surface area (Å²) in [6.07, 6.45) is 0. The van der Waals surface area contributed by atoms with E-state index >= 15 is 0 Å². The molecule has 0 aliphatic heterocycles. The van der Waals surface area contributed by atoms with Crippen molar-refractivity contribution in [3.05, 3.63) is 64.9 Å². The number of nitrogens with zero attached hydrogens (tertiary/aromatic N) is 1. The third-order valence-electron chi connectivity index (χ3n) is 3.70. The highest BCUT2D eigenvalue weighted by Gasteiger charge is 2.19. The lowest BCUT2D eigenvalue weighted by Gasteiger charge is -2.09. The van der Waals surface area contributed by atoms with Gasteiger partial charge < -0.3 is 9.47 Å². The molecule has 146 valence electrons. The van der Waals surface area contributed by atoms with Crippen molar-refractivity contribution in [1.29, 1.82) is 0 Å². The van der Waals surface area contributed by atoms with Gasteiger partial charge in [-0.15, -0.1) is 11.3 Å². The molecule has 0 radical (unpaired) electrons. The van der Waals surface area contributed by atoms with Gasteiger partial charge in [-0.2, -0.15) is 0 Å². The van der Waals surface area contributed by atoms with E-state index in [0.717, 1.165) is 11.6 Å². The predicted octanol–water partition coefficient (Wildman–Crippen LogP) is 2.96. The Morgan fingerprint density at radius 1 is 1.21 bits per heavy atom. The molecular formula is C18H15FN2O5S2. The van der Waals surface area contributed by atoms with E-state index in [1.165, 1.54) is 42.7 Å². The van der Waals surface area contributed by atoms with E-state index < -0.39 is 16.0 Å². The molecule has 28 heavy (non-hydrogen) atoms. The second kappa shape index (κ2) is 8.05. The van der Waals surface area contributed by atoms with Crippen molar-refractivity contribution in [3.63, 3.8) is 0 Å². The molecule has 1 aromatic heterocycles. The van der Waals surface area contributed by atoms with Gasteiger partial charge in [0.2, 0.25) is 10.0 Å². The monoisotopic (exact) mass is 422 g/mol. The molecule has 0 spiro atoms. The van der Waals surface area contributed by atoms with Crippen LogP contribution < -0.4 is 9.88 Å². The van der Waals surface area contributed by atoms with Gasteiger partial charge in [-0.1, -0.05) is 0 Å². The van der Waals surface area contributed by atoms with Crippen molar-refractivity contribution in [2.24, 2.45) is 5.14 Å². The number of rotatable bonds is 6. The number of thiazole rings is 1. The molecule has 0 amide bonds. The lowest BCUT2D eigenvalue weighted by molar-refractivity contribution is 0.0468. The van der Waals surface area contributed by atoms with E-state index in [1.807, 2.05) is 0 Å².